The average Bonchev–Trinajstić information content (AvgIpc) is 2.89. The van der Waals surface area contributed by atoms with Gasteiger partial charge in [-0.15, -0.1) is 0 Å². The third kappa shape index (κ3) is 2.94. The zero-order valence-corrected chi connectivity index (χ0v) is 7.51. The number of carbonyl (C=O) groups is 1. The Bertz CT molecular complexity index is 153. The van der Waals surface area contributed by atoms with Gasteiger partial charge in [0.2, 0.25) is 0 Å². The van der Waals surface area contributed by atoms with Gasteiger partial charge in [-0.2, -0.15) is 0 Å². The van der Waals surface area contributed by atoms with Crippen molar-refractivity contribution in [3.63, 3.8) is 0 Å². The standard InChI is InChI=1S/C10H17NO/c12-10(6-3-8-1-2-8)7-11-9-4-5-9/h8-9,11H,1-7H2. The SMILES string of the molecule is O=C(CCC1CC1)CNC1CC1. The van der Waals surface area contributed by atoms with Crippen LogP contribution in [0, 0.1) is 5.92 Å². The first-order valence-electron chi connectivity index (χ1n) is 5.09. The van der Waals surface area contributed by atoms with Gasteiger partial charge in [-0.05, 0) is 25.2 Å². The summed E-state index contributed by atoms with van der Waals surface area (Å²) >= 11 is 0. The van der Waals surface area contributed by atoms with Crippen LogP contribution in [0.25, 0.3) is 0 Å². The van der Waals surface area contributed by atoms with Crippen molar-refractivity contribution in [1.82, 2.24) is 5.32 Å². The highest BCUT2D eigenvalue weighted by Crippen LogP contribution is 2.33. The molecule has 2 saturated carbocycles. The van der Waals surface area contributed by atoms with Crippen molar-refractivity contribution in [2.24, 2.45) is 5.92 Å². The van der Waals surface area contributed by atoms with Crippen LogP contribution in [-0.2, 0) is 4.79 Å². The monoisotopic (exact) mass is 167 g/mol. The largest absolute Gasteiger partial charge is 0.307 e. The molecule has 2 aliphatic carbocycles. The lowest BCUT2D eigenvalue weighted by Crippen LogP contribution is -2.24. The van der Waals surface area contributed by atoms with Crippen LogP contribution in [-0.4, -0.2) is 18.4 Å². The zero-order valence-electron chi connectivity index (χ0n) is 7.51. The topological polar surface area (TPSA) is 29.1 Å². The van der Waals surface area contributed by atoms with Gasteiger partial charge in [0.05, 0.1) is 6.54 Å². The van der Waals surface area contributed by atoms with Crippen LogP contribution >= 0.6 is 0 Å². The van der Waals surface area contributed by atoms with Crippen LogP contribution in [0.2, 0.25) is 0 Å². The fourth-order valence-corrected chi connectivity index (χ4v) is 1.41. The molecule has 0 aromatic carbocycles. The summed E-state index contributed by atoms with van der Waals surface area (Å²) in [6, 6.07) is 0.676. The van der Waals surface area contributed by atoms with Gasteiger partial charge in [0.1, 0.15) is 5.78 Å². The molecule has 0 saturated heterocycles. The summed E-state index contributed by atoms with van der Waals surface area (Å²) in [5.41, 5.74) is 0. The molecule has 2 nitrogen and oxygen atoms in total. The highest BCUT2D eigenvalue weighted by molar-refractivity contribution is 5.80. The fraction of sp³-hybridized carbons (Fsp3) is 0.900. The van der Waals surface area contributed by atoms with Crippen molar-refractivity contribution >= 4 is 5.78 Å². The summed E-state index contributed by atoms with van der Waals surface area (Å²) in [6.07, 6.45) is 7.23. The number of Topliss-reactive ketones (excluding diaryl/α,β-unsaturated/α-hetero) is 1. The third-order valence-corrected chi connectivity index (χ3v) is 2.69. The van der Waals surface area contributed by atoms with Crippen molar-refractivity contribution in [3.8, 4) is 0 Å². The van der Waals surface area contributed by atoms with E-state index in [1.165, 1.54) is 25.7 Å². The molecule has 0 unspecified atom stereocenters. The Morgan fingerprint density at radius 3 is 2.58 bits per heavy atom. The van der Waals surface area contributed by atoms with Crippen LogP contribution < -0.4 is 5.32 Å². The van der Waals surface area contributed by atoms with Crippen LogP contribution in [0.5, 0.6) is 0 Å². The Balaban J connectivity index is 1.50. The Hall–Kier alpha value is -0.370. The van der Waals surface area contributed by atoms with Crippen molar-refractivity contribution in [1.29, 1.82) is 0 Å². The van der Waals surface area contributed by atoms with E-state index in [-0.39, 0.29) is 0 Å². The molecule has 12 heavy (non-hydrogen) atoms. The van der Waals surface area contributed by atoms with E-state index in [2.05, 4.69) is 5.32 Å². The summed E-state index contributed by atoms with van der Waals surface area (Å²) in [5.74, 6) is 1.31. The maximum Gasteiger partial charge on any atom is 0.146 e. The van der Waals surface area contributed by atoms with Crippen LogP contribution in [0.4, 0.5) is 0 Å². The minimum atomic E-state index is 0.411. The van der Waals surface area contributed by atoms with Gasteiger partial charge in [-0.25, -0.2) is 0 Å². The molecule has 0 aliphatic heterocycles. The molecule has 2 rings (SSSR count). The average molecular weight is 167 g/mol. The molecule has 68 valence electrons. The minimum absolute atomic E-state index is 0.411. The Morgan fingerprint density at radius 2 is 2.00 bits per heavy atom. The normalized spacial score (nSPS) is 22.7. The number of nitrogens with one attached hydrogen (secondary N) is 1. The van der Waals surface area contributed by atoms with E-state index in [0.717, 1.165) is 18.8 Å². The molecular formula is C10H17NO. The van der Waals surface area contributed by atoms with E-state index in [9.17, 15) is 4.79 Å². The summed E-state index contributed by atoms with van der Waals surface area (Å²) in [6.45, 7) is 0.622. The van der Waals surface area contributed by atoms with Crippen LogP contribution in [0.1, 0.15) is 38.5 Å². The fourth-order valence-electron chi connectivity index (χ4n) is 1.41. The molecule has 0 radical (unpaired) electrons. The quantitative estimate of drug-likeness (QED) is 0.649. The van der Waals surface area contributed by atoms with E-state index < -0.39 is 0 Å². The predicted octanol–water partition coefficient (Wildman–Crippen LogP) is 1.50. The van der Waals surface area contributed by atoms with Gasteiger partial charge in [0, 0.05) is 12.5 Å². The van der Waals surface area contributed by atoms with E-state index in [1.807, 2.05) is 0 Å². The summed E-state index contributed by atoms with van der Waals surface area (Å²) < 4.78 is 0. The first-order chi connectivity index (χ1) is 5.84. The molecule has 0 atom stereocenters. The van der Waals surface area contributed by atoms with Crippen molar-refractivity contribution in [2.45, 2.75) is 44.6 Å². The zero-order chi connectivity index (χ0) is 8.39. The Morgan fingerprint density at radius 1 is 1.25 bits per heavy atom. The number of rotatable bonds is 6. The molecule has 2 aliphatic rings. The molecule has 0 bridgehead atoms. The third-order valence-electron chi connectivity index (χ3n) is 2.69. The highest BCUT2D eigenvalue weighted by atomic mass is 16.1. The molecule has 0 aromatic heterocycles. The Kier molecular flexibility index (Phi) is 2.45. The molecule has 0 amide bonds. The predicted molar refractivity (Wildman–Crippen MR) is 48.0 cm³/mol. The molecule has 2 fully saturated rings. The van der Waals surface area contributed by atoms with Gasteiger partial charge in [0.25, 0.3) is 0 Å². The van der Waals surface area contributed by atoms with Crippen molar-refractivity contribution in [3.05, 3.63) is 0 Å². The van der Waals surface area contributed by atoms with Crippen molar-refractivity contribution in [2.75, 3.05) is 6.54 Å². The van der Waals surface area contributed by atoms with E-state index in [0.29, 0.717) is 18.4 Å². The van der Waals surface area contributed by atoms with Crippen LogP contribution in [0.15, 0.2) is 0 Å². The second-order valence-corrected chi connectivity index (χ2v) is 4.18. The lowest BCUT2D eigenvalue weighted by atomic mass is 10.1. The molecule has 1 N–H and O–H groups in total. The Labute approximate surface area is 73.7 Å². The summed E-state index contributed by atoms with van der Waals surface area (Å²) in [7, 11) is 0. The lowest BCUT2D eigenvalue weighted by molar-refractivity contribution is -0.118. The van der Waals surface area contributed by atoms with E-state index in [1.54, 1.807) is 0 Å². The van der Waals surface area contributed by atoms with Gasteiger partial charge < -0.3 is 5.32 Å². The van der Waals surface area contributed by atoms with Gasteiger partial charge >= 0.3 is 0 Å². The number of carbonyl (C=O) groups excluding carboxylic acids is 1. The minimum Gasteiger partial charge on any atom is -0.307 e. The van der Waals surface area contributed by atoms with Crippen molar-refractivity contribution < 1.29 is 4.79 Å². The van der Waals surface area contributed by atoms with Gasteiger partial charge in [-0.1, -0.05) is 12.8 Å². The number of hydrogen-bond acceptors (Lipinski definition) is 2. The molecule has 0 aromatic rings. The number of hydrogen-bond donors (Lipinski definition) is 1. The number of ketones is 1. The maximum absolute atomic E-state index is 11.2. The smallest absolute Gasteiger partial charge is 0.146 e. The molecule has 0 heterocycles. The summed E-state index contributed by atoms with van der Waals surface area (Å²) in [5, 5.41) is 3.25. The van der Waals surface area contributed by atoms with E-state index >= 15 is 0 Å². The first-order valence-corrected chi connectivity index (χ1v) is 5.09. The molecule has 2 heteroatoms. The highest BCUT2D eigenvalue weighted by Gasteiger charge is 2.23. The molecular weight excluding hydrogens is 150 g/mol. The summed E-state index contributed by atoms with van der Waals surface area (Å²) in [4.78, 5) is 11.2. The van der Waals surface area contributed by atoms with Gasteiger partial charge in [0.15, 0.2) is 0 Å². The molecule has 0 spiro atoms. The lowest BCUT2D eigenvalue weighted by Gasteiger charge is -2.00. The first kappa shape index (κ1) is 8.24. The van der Waals surface area contributed by atoms with Gasteiger partial charge in [-0.3, -0.25) is 4.79 Å². The van der Waals surface area contributed by atoms with E-state index in [4.69, 9.17) is 0 Å². The second kappa shape index (κ2) is 3.56. The second-order valence-electron chi connectivity index (χ2n) is 4.18. The van der Waals surface area contributed by atoms with Crippen LogP contribution in [0.3, 0.4) is 0 Å². The maximum atomic E-state index is 11.2.